The van der Waals surface area contributed by atoms with Crippen LogP contribution in [-0.2, 0) is 7.05 Å². The molecule has 0 aliphatic rings. The third kappa shape index (κ3) is 1.56. The molecule has 5 heteroatoms. The first-order chi connectivity index (χ1) is 7.13. The molecule has 0 atom stereocenters. The summed E-state index contributed by atoms with van der Waals surface area (Å²) in [5.74, 6) is 0. The number of carbonyl (C=O) groups excluding carboxylic acids is 1. The fourth-order valence-corrected chi connectivity index (χ4v) is 1.69. The molecule has 2 N–H and O–H groups in total. The van der Waals surface area contributed by atoms with E-state index in [0.29, 0.717) is 11.0 Å². The second-order valence-electron chi connectivity index (χ2n) is 3.46. The quantitative estimate of drug-likeness (QED) is 0.518. The van der Waals surface area contributed by atoms with Crippen LogP contribution in [-0.4, -0.2) is 28.0 Å². The molecule has 0 bridgehead atoms. The van der Waals surface area contributed by atoms with Gasteiger partial charge in [0.05, 0.1) is 0 Å². The van der Waals surface area contributed by atoms with Gasteiger partial charge in [-0.05, 0) is 11.5 Å². The SMILES string of the molecule is Cn1cc(C=O)c2ccc(B(O)O)cc21. The summed E-state index contributed by atoms with van der Waals surface area (Å²) < 4.78 is 1.78. The molecule has 1 aromatic heterocycles. The van der Waals surface area contributed by atoms with Crippen LogP contribution in [0.5, 0.6) is 0 Å². The molecule has 1 heterocycles. The number of aromatic nitrogens is 1. The summed E-state index contributed by atoms with van der Waals surface area (Å²) in [5.41, 5.74) is 1.83. The Morgan fingerprint density at radius 1 is 1.40 bits per heavy atom. The smallest absolute Gasteiger partial charge is 0.423 e. The number of rotatable bonds is 2. The van der Waals surface area contributed by atoms with Crippen molar-refractivity contribution >= 4 is 29.8 Å². The Kier molecular flexibility index (Phi) is 2.34. The van der Waals surface area contributed by atoms with Gasteiger partial charge in [-0.25, -0.2) is 0 Å². The highest BCUT2D eigenvalue weighted by molar-refractivity contribution is 6.58. The van der Waals surface area contributed by atoms with Crippen molar-refractivity contribution in [3.05, 3.63) is 30.0 Å². The Bertz CT molecular complexity index is 519. The second kappa shape index (κ2) is 3.53. The van der Waals surface area contributed by atoms with Crippen LogP contribution in [0.4, 0.5) is 0 Å². The molecular formula is C10H10BNO3. The molecule has 0 aliphatic carbocycles. The Morgan fingerprint density at radius 2 is 2.13 bits per heavy atom. The molecule has 4 nitrogen and oxygen atoms in total. The van der Waals surface area contributed by atoms with Crippen molar-refractivity contribution in [2.75, 3.05) is 0 Å². The standard InChI is InChI=1S/C10H10BNO3/c1-12-5-7(6-13)9-3-2-8(11(14)15)4-10(9)12/h2-6,14-15H,1H3. The molecule has 0 fully saturated rings. The maximum absolute atomic E-state index is 10.7. The van der Waals surface area contributed by atoms with Crippen molar-refractivity contribution in [1.29, 1.82) is 0 Å². The van der Waals surface area contributed by atoms with Gasteiger partial charge >= 0.3 is 7.12 Å². The third-order valence-corrected chi connectivity index (χ3v) is 2.47. The second-order valence-corrected chi connectivity index (χ2v) is 3.46. The van der Waals surface area contributed by atoms with Crippen molar-refractivity contribution in [1.82, 2.24) is 4.57 Å². The van der Waals surface area contributed by atoms with Gasteiger partial charge in [0.2, 0.25) is 0 Å². The summed E-state index contributed by atoms with van der Waals surface area (Å²) in [6, 6.07) is 4.97. The van der Waals surface area contributed by atoms with E-state index in [-0.39, 0.29) is 0 Å². The van der Waals surface area contributed by atoms with Crippen LogP contribution in [0.3, 0.4) is 0 Å². The lowest BCUT2D eigenvalue weighted by atomic mass is 9.80. The molecule has 15 heavy (non-hydrogen) atoms. The number of hydrogen-bond acceptors (Lipinski definition) is 3. The van der Waals surface area contributed by atoms with Crippen LogP contribution in [0, 0.1) is 0 Å². The first-order valence-corrected chi connectivity index (χ1v) is 4.54. The summed E-state index contributed by atoms with van der Waals surface area (Å²) in [6.07, 6.45) is 2.50. The van der Waals surface area contributed by atoms with Crippen molar-refractivity contribution in [2.45, 2.75) is 0 Å². The number of aldehydes is 1. The molecule has 2 aromatic rings. The molecular weight excluding hydrogens is 193 g/mol. The van der Waals surface area contributed by atoms with Crippen molar-refractivity contribution in [3.8, 4) is 0 Å². The van der Waals surface area contributed by atoms with Gasteiger partial charge in [0.25, 0.3) is 0 Å². The van der Waals surface area contributed by atoms with Crippen LogP contribution in [0.1, 0.15) is 10.4 Å². The van der Waals surface area contributed by atoms with E-state index in [1.54, 1.807) is 29.0 Å². The fraction of sp³-hybridized carbons (Fsp3) is 0.100. The molecule has 0 aliphatic heterocycles. The van der Waals surface area contributed by atoms with Gasteiger partial charge < -0.3 is 14.6 Å². The van der Waals surface area contributed by atoms with Crippen LogP contribution in [0.25, 0.3) is 10.9 Å². The monoisotopic (exact) mass is 203 g/mol. The Labute approximate surface area is 86.9 Å². The van der Waals surface area contributed by atoms with Crippen LogP contribution in [0.15, 0.2) is 24.4 Å². The fourth-order valence-electron chi connectivity index (χ4n) is 1.69. The Balaban J connectivity index is 2.72. The highest BCUT2D eigenvalue weighted by Gasteiger charge is 2.13. The summed E-state index contributed by atoms with van der Waals surface area (Å²) in [4.78, 5) is 10.7. The normalized spacial score (nSPS) is 10.6. The Morgan fingerprint density at radius 3 is 2.73 bits per heavy atom. The highest BCUT2D eigenvalue weighted by atomic mass is 16.4. The van der Waals surface area contributed by atoms with E-state index in [1.807, 2.05) is 7.05 Å². The summed E-state index contributed by atoms with van der Waals surface area (Å²) in [6.45, 7) is 0. The van der Waals surface area contributed by atoms with E-state index >= 15 is 0 Å². The van der Waals surface area contributed by atoms with Gasteiger partial charge in [-0.15, -0.1) is 0 Å². The van der Waals surface area contributed by atoms with Crippen LogP contribution < -0.4 is 5.46 Å². The predicted octanol–water partition coefficient (Wildman–Crippen LogP) is -0.329. The topological polar surface area (TPSA) is 62.5 Å². The highest BCUT2D eigenvalue weighted by Crippen LogP contribution is 2.17. The molecule has 1 aromatic carbocycles. The number of aryl methyl sites for hydroxylation is 1. The maximum Gasteiger partial charge on any atom is 0.488 e. The zero-order chi connectivity index (χ0) is 11.0. The lowest BCUT2D eigenvalue weighted by Crippen LogP contribution is -2.29. The van der Waals surface area contributed by atoms with E-state index < -0.39 is 7.12 Å². The number of carbonyl (C=O) groups is 1. The largest absolute Gasteiger partial charge is 0.488 e. The molecule has 0 saturated heterocycles. The van der Waals surface area contributed by atoms with Gasteiger partial charge in [-0.3, -0.25) is 4.79 Å². The number of hydrogen-bond donors (Lipinski definition) is 2. The minimum absolute atomic E-state index is 0.418. The lowest BCUT2D eigenvalue weighted by Gasteiger charge is -2.01. The van der Waals surface area contributed by atoms with Crippen molar-refractivity contribution in [2.24, 2.45) is 7.05 Å². The van der Waals surface area contributed by atoms with Gasteiger partial charge in [0, 0.05) is 29.7 Å². The van der Waals surface area contributed by atoms with E-state index in [0.717, 1.165) is 17.2 Å². The third-order valence-electron chi connectivity index (χ3n) is 2.47. The van der Waals surface area contributed by atoms with E-state index in [1.165, 1.54) is 0 Å². The average Bonchev–Trinajstić information content (AvgIpc) is 2.55. The van der Waals surface area contributed by atoms with Gasteiger partial charge in [-0.1, -0.05) is 12.1 Å². The first kappa shape index (κ1) is 9.95. The van der Waals surface area contributed by atoms with E-state index in [2.05, 4.69) is 0 Å². The minimum atomic E-state index is -1.48. The van der Waals surface area contributed by atoms with Gasteiger partial charge in [0.15, 0.2) is 6.29 Å². The minimum Gasteiger partial charge on any atom is -0.423 e. The molecule has 0 spiro atoms. The van der Waals surface area contributed by atoms with E-state index in [9.17, 15) is 4.79 Å². The maximum atomic E-state index is 10.7. The number of nitrogens with zero attached hydrogens (tertiary/aromatic N) is 1. The van der Waals surface area contributed by atoms with Crippen molar-refractivity contribution in [3.63, 3.8) is 0 Å². The zero-order valence-corrected chi connectivity index (χ0v) is 8.21. The van der Waals surface area contributed by atoms with Crippen molar-refractivity contribution < 1.29 is 14.8 Å². The molecule has 0 unspecified atom stereocenters. The number of fused-ring (bicyclic) bond motifs is 1. The molecule has 76 valence electrons. The van der Waals surface area contributed by atoms with E-state index in [4.69, 9.17) is 10.0 Å². The summed E-state index contributed by atoms with van der Waals surface area (Å²) >= 11 is 0. The van der Waals surface area contributed by atoms with Gasteiger partial charge in [0.1, 0.15) is 0 Å². The summed E-state index contributed by atoms with van der Waals surface area (Å²) in [7, 11) is 0.326. The van der Waals surface area contributed by atoms with Crippen LogP contribution >= 0.6 is 0 Å². The summed E-state index contributed by atoms with van der Waals surface area (Å²) in [5, 5.41) is 18.8. The lowest BCUT2D eigenvalue weighted by molar-refractivity contribution is 0.112. The molecule has 0 amide bonds. The first-order valence-electron chi connectivity index (χ1n) is 4.54. The van der Waals surface area contributed by atoms with Gasteiger partial charge in [-0.2, -0.15) is 0 Å². The molecule has 2 rings (SSSR count). The predicted molar refractivity (Wildman–Crippen MR) is 58.1 cm³/mol. The Hall–Kier alpha value is -1.59. The van der Waals surface area contributed by atoms with Crippen LogP contribution in [0.2, 0.25) is 0 Å². The molecule has 0 radical (unpaired) electrons. The average molecular weight is 203 g/mol. The number of benzene rings is 1. The molecule has 0 saturated carbocycles. The zero-order valence-electron chi connectivity index (χ0n) is 8.21.